The Balaban J connectivity index is 2.58. The molecule has 0 aromatic carbocycles. The largest absolute Gasteiger partial charge is 0.393 e. The Morgan fingerprint density at radius 2 is 1.65 bits per heavy atom. The van der Waals surface area contributed by atoms with Crippen LogP contribution in [0.25, 0.3) is 0 Å². The van der Waals surface area contributed by atoms with Crippen molar-refractivity contribution in [1.29, 1.82) is 0 Å². The molecule has 0 bridgehead atoms. The van der Waals surface area contributed by atoms with E-state index in [1.165, 1.54) is 32.1 Å². The fourth-order valence-electron chi connectivity index (χ4n) is 3.58. The van der Waals surface area contributed by atoms with Gasteiger partial charge in [-0.25, -0.2) is 0 Å². The molecule has 0 aromatic rings. The van der Waals surface area contributed by atoms with Crippen molar-refractivity contribution in [2.75, 3.05) is 0 Å². The van der Waals surface area contributed by atoms with Gasteiger partial charge in [0.15, 0.2) is 0 Å². The molecular formula is C16H32O. The minimum atomic E-state index is -0.00701. The minimum Gasteiger partial charge on any atom is -0.393 e. The summed E-state index contributed by atoms with van der Waals surface area (Å²) in [6.07, 6.45) is 8.58. The summed E-state index contributed by atoms with van der Waals surface area (Å²) < 4.78 is 0. The van der Waals surface area contributed by atoms with Crippen molar-refractivity contribution in [1.82, 2.24) is 0 Å². The molecule has 1 heteroatoms. The third-order valence-electron chi connectivity index (χ3n) is 5.19. The molecule has 1 N–H and O–H groups in total. The van der Waals surface area contributed by atoms with Crippen molar-refractivity contribution in [3.05, 3.63) is 0 Å². The fraction of sp³-hybridized carbons (Fsp3) is 1.00. The number of hydrogen-bond acceptors (Lipinski definition) is 1. The summed E-state index contributed by atoms with van der Waals surface area (Å²) in [7, 11) is 0. The summed E-state index contributed by atoms with van der Waals surface area (Å²) in [5, 5.41) is 9.63. The molecule has 1 nitrogen and oxygen atoms in total. The number of hydrogen-bond donors (Lipinski definition) is 1. The van der Waals surface area contributed by atoms with E-state index in [1.807, 2.05) is 0 Å². The second-order valence-electron chi connectivity index (χ2n) is 6.27. The van der Waals surface area contributed by atoms with Gasteiger partial charge in [-0.3, -0.25) is 0 Å². The number of aliphatic hydroxyl groups is 1. The van der Waals surface area contributed by atoms with Crippen molar-refractivity contribution >= 4 is 0 Å². The summed E-state index contributed by atoms with van der Waals surface area (Å²) >= 11 is 0. The van der Waals surface area contributed by atoms with Gasteiger partial charge < -0.3 is 5.11 Å². The SMILES string of the molecule is CCCC(C1CCC(O)CC1)C(C)C(C)CC. The van der Waals surface area contributed by atoms with Crippen molar-refractivity contribution in [2.45, 2.75) is 78.7 Å². The van der Waals surface area contributed by atoms with Crippen LogP contribution in [-0.4, -0.2) is 11.2 Å². The van der Waals surface area contributed by atoms with Crippen molar-refractivity contribution in [3.63, 3.8) is 0 Å². The molecule has 3 unspecified atom stereocenters. The normalized spacial score (nSPS) is 30.9. The van der Waals surface area contributed by atoms with Crippen LogP contribution in [0.15, 0.2) is 0 Å². The summed E-state index contributed by atoms with van der Waals surface area (Å²) in [6.45, 7) is 9.49. The molecule has 0 aliphatic heterocycles. The first-order chi connectivity index (χ1) is 8.10. The van der Waals surface area contributed by atoms with Crippen LogP contribution in [-0.2, 0) is 0 Å². The molecule has 3 atom stereocenters. The molecule has 0 saturated heterocycles. The Morgan fingerprint density at radius 3 is 2.12 bits per heavy atom. The van der Waals surface area contributed by atoms with Crippen LogP contribution >= 0.6 is 0 Å². The second-order valence-corrected chi connectivity index (χ2v) is 6.27. The first-order valence-corrected chi connectivity index (χ1v) is 7.78. The quantitative estimate of drug-likeness (QED) is 0.717. The zero-order chi connectivity index (χ0) is 12.8. The van der Waals surface area contributed by atoms with Gasteiger partial charge in [-0.15, -0.1) is 0 Å². The lowest BCUT2D eigenvalue weighted by molar-refractivity contribution is 0.0655. The monoisotopic (exact) mass is 240 g/mol. The maximum absolute atomic E-state index is 9.63. The molecule has 0 amide bonds. The van der Waals surface area contributed by atoms with Gasteiger partial charge in [-0.05, 0) is 49.4 Å². The Labute approximate surface area is 108 Å². The average Bonchev–Trinajstić information content (AvgIpc) is 2.35. The van der Waals surface area contributed by atoms with E-state index in [4.69, 9.17) is 0 Å². The van der Waals surface area contributed by atoms with Crippen molar-refractivity contribution in [3.8, 4) is 0 Å². The van der Waals surface area contributed by atoms with E-state index < -0.39 is 0 Å². The lowest BCUT2D eigenvalue weighted by Gasteiger charge is -2.38. The maximum Gasteiger partial charge on any atom is 0.0540 e. The van der Waals surface area contributed by atoms with Gasteiger partial charge in [0.05, 0.1) is 6.10 Å². The topological polar surface area (TPSA) is 20.2 Å². The van der Waals surface area contributed by atoms with Gasteiger partial charge >= 0.3 is 0 Å². The average molecular weight is 240 g/mol. The molecule has 1 rings (SSSR count). The highest BCUT2D eigenvalue weighted by Crippen LogP contribution is 2.39. The van der Waals surface area contributed by atoms with Crippen LogP contribution in [0.2, 0.25) is 0 Å². The lowest BCUT2D eigenvalue weighted by atomic mass is 9.68. The van der Waals surface area contributed by atoms with E-state index in [0.717, 1.165) is 36.5 Å². The highest BCUT2D eigenvalue weighted by Gasteiger charge is 2.31. The zero-order valence-corrected chi connectivity index (χ0v) is 12.3. The van der Waals surface area contributed by atoms with E-state index >= 15 is 0 Å². The Kier molecular flexibility index (Phi) is 6.54. The first kappa shape index (κ1) is 15.0. The van der Waals surface area contributed by atoms with Gasteiger partial charge in [0.1, 0.15) is 0 Å². The Morgan fingerprint density at radius 1 is 1.06 bits per heavy atom. The van der Waals surface area contributed by atoms with Gasteiger partial charge in [-0.1, -0.05) is 47.0 Å². The number of rotatable bonds is 6. The third-order valence-corrected chi connectivity index (χ3v) is 5.19. The molecule has 1 aliphatic carbocycles. The van der Waals surface area contributed by atoms with E-state index in [9.17, 15) is 5.11 Å². The lowest BCUT2D eigenvalue weighted by Crippen LogP contribution is -2.30. The fourth-order valence-corrected chi connectivity index (χ4v) is 3.58. The van der Waals surface area contributed by atoms with E-state index in [1.54, 1.807) is 0 Å². The van der Waals surface area contributed by atoms with E-state index in [0.29, 0.717) is 0 Å². The first-order valence-electron chi connectivity index (χ1n) is 7.78. The van der Waals surface area contributed by atoms with Crippen LogP contribution < -0.4 is 0 Å². The van der Waals surface area contributed by atoms with Crippen LogP contribution in [0.1, 0.15) is 72.6 Å². The summed E-state index contributed by atoms with van der Waals surface area (Å²) in [6, 6.07) is 0. The highest BCUT2D eigenvalue weighted by molar-refractivity contribution is 4.81. The Bertz CT molecular complexity index is 194. The molecule has 0 spiro atoms. The van der Waals surface area contributed by atoms with Gasteiger partial charge in [-0.2, -0.15) is 0 Å². The van der Waals surface area contributed by atoms with Crippen molar-refractivity contribution in [2.24, 2.45) is 23.7 Å². The highest BCUT2D eigenvalue weighted by atomic mass is 16.3. The second kappa shape index (κ2) is 7.41. The molecule has 102 valence electrons. The molecule has 1 aliphatic rings. The molecule has 1 saturated carbocycles. The van der Waals surface area contributed by atoms with Gasteiger partial charge in [0, 0.05) is 0 Å². The number of aliphatic hydroxyl groups excluding tert-OH is 1. The predicted molar refractivity (Wildman–Crippen MR) is 75.0 cm³/mol. The Hall–Kier alpha value is -0.0400. The van der Waals surface area contributed by atoms with E-state index in [2.05, 4.69) is 27.7 Å². The summed E-state index contributed by atoms with van der Waals surface area (Å²) in [5.74, 6) is 3.46. The van der Waals surface area contributed by atoms with Crippen molar-refractivity contribution < 1.29 is 5.11 Å². The summed E-state index contributed by atoms with van der Waals surface area (Å²) in [5.41, 5.74) is 0. The molecule has 17 heavy (non-hydrogen) atoms. The summed E-state index contributed by atoms with van der Waals surface area (Å²) in [4.78, 5) is 0. The smallest absolute Gasteiger partial charge is 0.0540 e. The third kappa shape index (κ3) is 4.28. The molecule has 0 aromatic heterocycles. The van der Waals surface area contributed by atoms with E-state index in [-0.39, 0.29) is 6.10 Å². The molecule has 1 fully saturated rings. The van der Waals surface area contributed by atoms with Crippen LogP contribution in [0.5, 0.6) is 0 Å². The maximum atomic E-state index is 9.63. The minimum absolute atomic E-state index is 0.00701. The molecule has 0 radical (unpaired) electrons. The standard InChI is InChI=1S/C16H32O/c1-5-7-16(13(4)12(3)6-2)14-8-10-15(17)11-9-14/h12-17H,5-11H2,1-4H3. The molecular weight excluding hydrogens is 208 g/mol. The van der Waals surface area contributed by atoms with Gasteiger partial charge in [0.25, 0.3) is 0 Å². The van der Waals surface area contributed by atoms with Crippen LogP contribution in [0.4, 0.5) is 0 Å². The van der Waals surface area contributed by atoms with Crippen LogP contribution in [0.3, 0.4) is 0 Å². The zero-order valence-electron chi connectivity index (χ0n) is 12.3. The van der Waals surface area contributed by atoms with Crippen LogP contribution in [0, 0.1) is 23.7 Å². The van der Waals surface area contributed by atoms with Gasteiger partial charge in [0.2, 0.25) is 0 Å². The predicted octanol–water partition coefficient (Wildman–Crippen LogP) is 4.64. The molecule has 0 heterocycles.